The summed E-state index contributed by atoms with van der Waals surface area (Å²) < 4.78 is 31.2. The van der Waals surface area contributed by atoms with Crippen molar-refractivity contribution in [1.82, 2.24) is 0 Å². The quantitative estimate of drug-likeness (QED) is 0.890. The molecule has 2 N–H and O–H groups in total. The number of halogens is 2. The predicted octanol–water partition coefficient (Wildman–Crippen LogP) is 3.11. The van der Waals surface area contributed by atoms with E-state index in [1.807, 2.05) is 6.92 Å². The molecule has 0 fully saturated rings. The summed E-state index contributed by atoms with van der Waals surface area (Å²) in [4.78, 5) is 0. The van der Waals surface area contributed by atoms with Crippen molar-refractivity contribution in [1.29, 1.82) is 0 Å². The maximum atomic E-state index is 13.0. The number of hydrogen-bond acceptors (Lipinski definition) is 2. The first-order chi connectivity index (χ1) is 8.06. The second-order valence-electron chi connectivity index (χ2n) is 4.06. The van der Waals surface area contributed by atoms with Gasteiger partial charge in [0.25, 0.3) is 0 Å². The van der Waals surface area contributed by atoms with Crippen LogP contribution in [0.1, 0.15) is 22.9 Å². The molecule has 1 heterocycles. The lowest BCUT2D eigenvalue weighted by atomic mass is 10.0. The highest BCUT2D eigenvalue weighted by Crippen LogP contribution is 2.21. The molecule has 0 aliphatic rings. The van der Waals surface area contributed by atoms with E-state index < -0.39 is 17.7 Å². The molecule has 0 saturated carbocycles. The number of rotatable bonds is 3. The molecule has 4 heteroatoms. The zero-order chi connectivity index (χ0) is 12.4. The van der Waals surface area contributed by atoms with Crippen LogP contribution in [-0.2, 0) is 6.42 Å². The molecule has 0 bridgehead atoms. The zero-order valence-electron chi connectivity index (χ0n) is 9.41. The third-order valence-electron chi connectivity index (χ3n) is 2.62. The van der Waals surface area contributed by atoms with E-state index in [2.05, 4.69) is 0 Å². The van der Waals surface area contributed by atoms with E-state index in [0.717, 1.165) is 11.6 Å². The molecule has 0 radical (unpaired) electrons. The number of hydrogen-bond donors (Lipinski definition) is 1. The molecule has 0 saturated heterocycles. The molecule has 0 amide bonds. The normalized spacial score (nSPS) is 12.7. The summed E-state index contributed by atoms with van der Waals surface area (Å²) >= 11 is 0. The molecule has 1 aromatic heterocycles. The Morgan fingerprint density at radius 2 is 1.88 bits per heavy atom. The Morgan fingerprint density at radius 1 is 1.24 bits per heavy atom. The SMILES string of the molecule is Cc1ccoc1C(N)Cc1cc(F)cc(F)c1. The Kier molecular flexibility index (Phi) is 3.24. The summed E-state index contributed by atoms with van der Waals surface area (Å²) in [5.41, 5.74) is 7.39. The van der Waals surface area contributed by atoms with Crippen molar-refractivity contribution in [2.45, 2.75) is 19.4 Å². The minimum absolute atomic E-state index is 0.336. The van der Waals surface area contributed by atoms with E-state index in [9.17, 15) is 8.78 Å². The lowest BCUT2D eigenvalue weighted by Crippen LogP contribution is -2.13. The summed E-state index contributed by atoms with van der Waals surface area (Å²) in [6, 6.07) is 4.81. The Bertz CT molecular complexity index is 502. The summed E-state index contributed by atoms with van der Waals surface area (Å²) in [6.07, 6.45) is 1.89. The van der Waals surface area contributed by atoms with Crippen molar-refractivity contribution in [2.24, 2.45) is 5.73 Å². The van der Waals surface area contributed by atoms with Gasteiger partial charge in [-0.1, -0.05) is 0 Å². The third kappa shape index (κ3) is 2.71. The molecule has 2 rings (SSSR count). The maximum absolute atomic E-state index is 13.0. The summed E-state index contributed by atoms with van der Waals surface area (Å²) in [7, 11) is 0. The molecule has 2 aromatic rings. The molecule has 0 spiro atoms. The van der Waals surface area contributed by atoms with Gasteiger partial charge in [-0.25, -0.2) is 8.78 Å². The van der Waals surface area contributed by atoms with Gasteiger partial charge in [-0.2, -0.15) is 0 Å². The number of benzene rings is 1. The molecule has 2 nitrogen and oxygen atoms in total. The number of nitrogens with two attached hydrogens (primary N) is 1. The Morgan fingerprint density at radius 3 is 2.41 bits per heavy atom. The third-order valence-corrected chi connectivity index (χ3v) is 2.62. The highest BCUT2D eigenvalue weighted by atomic mass is 19.1. The number of furan rings is 1. The fourth-order valence-electron chi connectivity index (χ4n) is 1.84. The molecular weight excluding hydrogens is 224 g/mol. The molecule has 1 atom stereocenters. The molecule has 0 aliphatic heterocycles. The average molecular weight is 237 g/mol. The van der Waals surface area contributed by atoms with Gasteiger partial charge in [-0.15, -0.1) is 0 Å². The van der Waals surface area contributed by atoms with E-state index in [1.165, 1.54) is 12.1 Å². The van der Waals surface area contributed by atoms with Crippen molar-refractivity contribution in [3.05, 3.63) is 59.1 Å². The van der Waals surface area contributed by atoms with Crippen LogP contribution in [0.4, 0.5) is 8.78 Å². The first-order valence-electron chi connectivity index (χ1n) is 5.31. The molecule has 1 aromatic carbocycles. The summed E-state index contributed by atoms with van der Waals surface area (Å²) in [6.45, 7) is 1.88. The monoisotopic (exact) mass is 237 g/mol. The van der Waals surface area contributed by atoms with E-state index >= 15 is 0 Å². The van der Waals surface area contributed by atoms with Crippen molar-refractivity contribution >= 4 is 0 Å². The van der Waals surface area contributed by atoms with Crippen LogP contribution in [-0.4, -0.2) is 0 Å². The molecule has 0 aliphatic carbocycles. The van der Waals surface area contributed by atoms with Gasteiger partial charge in [-0.3, -0.25) is 0 Å². The van der Waals surface area contributed by atoms with Gasteiger partial charge in [0.2, 0.25) is 0 Å². The van der Waals surface area contributed by atoms with E-state index in [-0.39, 0.29) is 0 Å². The molecule has 17 heavy (non-hydrogen) atoms. The fourth-order valence-corrected chi connectivity index (χ4v) is 1.84. The Hall–Kier alpha value is -1.68. The van der Waals surface area contributed by atoms with Crippen LogP contribution in [0.2, 0.25) is 0 Å². The van der Waals surface area contributed by atoms with Crippen LogP contribution in [0.15, 0.2) is 34.9 Å². The summed E-state index contributed by atoms with van der Waals surface area (Å²) in [5.74, 6) is -0.540. The topological polar surface area (TPSA) is 39.2 Å². The van der Waals surface area contributed by atoms with Crippen LogP contribution in [0, 0.1) is 18.6 Å². The molecular formula is C13H13F2NO. The van der Waals surface area contributed by atoms with E-state index in [0.29, 0.717) is 17.7 Å². The highest BCUT2D eigenvalue weighted by Gasteiger charge is 2.14. The average Bonchev–Trinajstić information content (AvgIpc) is 2.62. The van der Waals surface area contributed by atoms with E-state index in [1.54, 1.807) is 12.3 Å². The van der Waals surface area contributed by atoms with Crippen LogP contribution < -0.4 is 5.73 Å². The van der Waals surface area contributed by atoms with Crippen LogP contribution in [0.25, 0.3) is 0 Å². The van der Waals surface area contributed by atoms with Gasteiger partial charge in [-0.05, 0) is 42.7 Å². The van der Waals surface area contributed by atoms with Gasteiger partial charge >= 0.3 is 0 Å². The second kappa shape index (κ2) is 4.67. The summed E-state index contributed by atoms with van der Waals surface area (Å²) in [5, 5.41) is 0. The van der Waals surface area contributed by atoms with Gasteiger partial charge < -0.3 is 10.2 Å². The Balaban J connectivity index is 2.18. The van der Waals surface area contributed by atoms with Crippen LogP contribution in [0.3, 0.4) is 0 Å². The lowest BCUT2D eigenvalue weighted by molar-refractivity contribution is 0.460. The van der Waals surface area contributed by atoms with E-state index in [4.69, 9.17) is 10.2 Å². The maximum Gasteiger partial charge on any atom is 0.126 e. The van der Waals surface area contributed by atoms with Gasteiger partial charge in [0.05, 0.1) is 12.3 Å². The minimum Gasteiger partial charge on any atom is -0.467 e. The van der Waals surface area contributed by atoms with Gasteiger partial charge in [0.15, 0.2) is 0 Å². The van der Waals surface area contributed by atoms with Crippen molar-refractivity contribution in [2.75, 3.05) is 0 Å². The first kappa shape index (κ1) is 11.8. The van der Waals surface area contributed by atoms with Gasteiger partial charge in [0.1, 0.15) is 17.4 Å². The molecule has 90 valence electrons. The van der Waals surface area contributed by atoms with Crippen molar-refractivity contribution < 1.29 is 13.2 Å². The molecule has 1 unspecified atom stereocenters. The standard InChI is InChI=1S/C13H13F2NO/c1-8-2-3-17-13(8)12(16)6-9-4-10(14)7-11(15)5-9/h2-5,7,12H,6,16H2,1H3. The Labute approximate surface area is 98.0 Å². The second-order valence-corrected chi connectivity index (χ2v) is 4.06. The predicted molar refractivity (Wildman–Crippen MR) is 60.4 cm³/mol. The van der Waals surface area contributed by atoms with Crippen LogP contribution in [0.5, 0.6) is 0 Å². The highest BCUT2D eigenvalue weighted by molar-refractivity contribution is 5.23. The smallest absolute Gasteiger partial charge is 0.126 e. The van der Waals surface area contributed by atoms with Crippen molar-refractivity contribution in [3.63, 3.8) is 0 Å². The van der Waals surface area contributed by atoms with Crippen LogP contribution >= 0.6 is 0 Å². The fraction of sp³-hybridized carbons (Fsp3) is 0.231. The lowest BCUT2D eigenvalue weighted by Gasteiger charge is -2.10. The van der Waals surface area contributed by atoms with Crippen molar-refractivity contribution in [3.8, 4) is 0 Å². The zero-order valence-corrected chi connectivity index (χ0v) is 9.41. The minimum atomic E-state index is -0.594. The largest absolute Gasteiger partial charge is 0.467 e. The number of aryl methyl sites for hydroxylation is 1. The van der Waals surface area contributed by atoms with Gasteiger partial charge in [0, 0.05) is 6.07 Å². The first-order valence-corrected chi connectivity index (χ1v) is 5.31.